The van der Waals surface area contributed by atoms with Gasteiger partial charge < -0.3 is 5.73 Å². The summed E-state index contributed by atoms with van der Waals surface area (Å²) in [6, 6.07) is 1.94. The lowest BCUT2D eigenvalue weighted by Crippen LogP contribution is -2.04. The lowest BCUT2D eigenvalue weighted by atomic mass is 10.2. The smallest absolute Gasteiger partial charge is 0.187 e. The number of halogens is 1. The summed E-state index contributed by atoms with van der Waals surface area (Å²) in [6.07, 6.45) is 0.395. The summed E-state index contributed by atoms with van der Waals surface area (Å²) in [5.74, 6) is 0.0408. The molecule has 3 nitrogen and oxygen atoms in total. The number of aromatic nitrogens is 1. The Morgan fingerprint density at radius 2 is 2.31 bits per heavy atom. The van der Waals surface area contributed by atoms with Gasteiger partial charge in [-0.1, -0.05) is 0 Å². The van der Waals surface area contributed by atoms with Gasteiger partial charge >= 0.3 is 0 Å². The molecule has 0 unspecified atom stereocenters. The molecule has 0 atom stereocenters. The molecule has 0 saturated carbocycles. The van der Waals surface area contributed by atoms with Gasteiger partial charge in [0.1, 0.15) is 10.7 Å². The van der Waals surface area contributed by atoms with Crippen LogP contribution in [0.1, 0.15) is 20.4 Å². The van der Waals surface area contributed by atoms with Gasteiger partial charge in [-0.3, -0.25) is 4.79 Å². The Morgan fingerprint density at radius 3 is 2.88 bits per heavy atom. The average molecular weight is 317 g/mol. The minimum Gasteiger partial charge on any atom is -0.325 e. The summed E-state index contributed by atoms with van der Waals surface area (Å²) in [5, 5.41) is 4.53. The SMILES string of the molecule is NCc1nc(C(=O)Cc2sccc2Br)cs1. The van der Waals surface area contributed by atoms with Crippen molar-refractivity contribution in [1.82, 2.24) is 4.98 Å². The van der Waals surface area contributed by atoms with Crippen molar-refractivity contribution >= 4 is 44.4 Å². The van der Waals surface area contributed by atoms with Gasteiger partial charge in [-0.2, -0.15) is 0 Å². The van der Waals surface area contributed by atoms with Crippen LogP contribution >= 0.6 is 38.6 Å². The molecule has 0 amide bonds. The van der Waals surface area contributed by atoms with Crippen LogP contribution in [0.25, 0.3) is 0 Å². The minimum absolute atomic E-state index is 0.0408. The number of nitrogens with zero attached hydrogens (tertiary/aromatic N) is 1. The number of Topliss-reactive ketones (excluding diaryl/α,β-unsaturated/α-hetero) is 1. The lowest BCUT2D eigenvalue weighted by Gasteiger charge is -1.95. The number of carbonyl (C=O) groups is 1. The fourth-order valence-corrected chi connectivity index (χ4v) is 3.39. The summed E-state index contributed by atoms with van der Waals surface area (Å²) in [7, 11) is 0. The van der Waals surface area contributed by atoms with Crippen LogP contribution in [0.15, 0.2) is 21.3 Å². The summed E-state index contributed by atoms with van der Waals surface area (Å²) < 4.78 is 0.986. The molecule has 16 heavy (non-hydrogen) atoms. The first-order chi connectivity index (χ1) is 7.70. The Hall–Kier alpha value is -0.560. The van der Waals surface area contributed by atoms with E-state index in [1.165, 1.54) is 11.3 Å². The van der Waals surface area contributed by atoms with Gasteiger partial charge in [-0.15, -0.1) is 22.7 Å². The molecule has 2 rings (SSSR count). The molecule has 0 bridgehead atoms. The third-order valence-electron chi connectivity index (χ3n) is 2.02. The number of ketones is 1. The number of thiazole rings is 1. The molecule has 0 aliphatic carbocycles. The lowest BCUT2D eigenvalue weighted by molar-refractivity contribution is 0.0989. The fourth-order valence-electron chi connectivity index (χ4n) is 1.22. The molecule has 2 heterocycles. The number of carbonyl (C=O) groups excluding carboxylic acids is 1. The molecule has 0 radical (unpaired) electrons. The topological polar surface area (TPSA) is 56.0 Å². The van der Waals surface area contributed by atoms with E-state index in [0.29, 0.717) is 18.7 Å². The van der Waals surface area contributed by atoms with Gasteiger partial charge in [0.2, 0.25) is 0 Å². The van der Waals surface area contributed by atoms with Crippen molar-refractivity contribution in [2.75, 3.05) is 0 Å². The molecule has 2 aromatic heterocycles. The first-order valence-electron chi connectivity index (χ1n) is 4.60. The molecule has 0 aliphatic rings. The molecule has 0 aromatic carbocycles. The zero-order valence-corrected chi connectivity index (χ0v) is 11.5. The van der Waals surface area contributed by atoms with Crippen molar-refractivity contribution < 1.29 is 4.79 Å². The summed E-state index contributed by atoms with van der Waals surface area (Å²) in [5.41, 5.74) is 5.97. The highest BCUT2D eigenvalue weighted by Gasteiger charge is 2.13. The van der Waals surface area contributed by atoms with E-state index in [0.717, 1.165) is 14.4 Å². The van der Waals surface area contributed by atoms with E-state index < -0.39 is 0 Å². The highest BCUT2D eigenvalue weighted by molar-refractivity contribution is 9.10. The second-order valence-electron chi connectivity index (χ2n) is 3.12. The molecule has 0 fully saturated rings. The van der Waals surface area contributed by atoms with Crippen molar-refractivity contribution in [2.24, 2.45) is 5.73 Å². The Morgan fingerprint density at radius 1 is 1.50 bits per heavy atom. The van der Waals surface area contributed by atoms with Crippen molar-refractivity contribution in [3.63, 3.8) is 0 Å². The van der Waals surface area contributed by atoms with Crippen LogP contribution in [0.4, 0.5) is 0 Å². The standard InChI is InChI=1S/C10H9BrN2OS2/c11-6-1-2-15-9(6)3-8(14)7-5-16-10(4-12)13-7/h1-2,5H,3-4,12H2. The summed E-state index contributed by atoms with van der Waals surface area (Å²) in [6.45, 7) is 0.390. The Kier molecular flexibility index (Phi) is 3.86. The number of rotatable bonds is 4. The third kappa shape index (κ3) is 2.57. The second kappa shape index (κ2) is 5.18. The number of nitrogens with two attached hydrogens (primary N) is 1. The molecule has 0 saturated heterocycles. The maximum absolute atomic E-state index is 11.9. The van der Waals surface area contributed by atoms with E-state index in [9.17, 15) is 4.79 Å². The molecule has 2 aromatic rings. The van der Waals surface area contributed by atoms with E-state index in [4.69, 9.17) is 5.73 Å². The van der Waals surface area contributed by atoms with Crippen LogP contribution < -0.4 is 5.73 Å². The van der Waals surface area contributed by atoms with Crippen molar-refractivity contribution in [3.05, 3.63) is 36.9 Å². The maximum Gasteiger partial charge on any atom is 0.187 e. The number of hydrogen-bond acceptors (Lipinski definition) is 5. The molecular weight excluding hydrogens is 308 g/mol. The van der Waals surface area contributed by atoms with Crippen molar-refractivity contribution in [3.8, 4) is 0 Å². The van der Waals surface area contributed by atoms with Crippen LogP contribution in [0.2, 0.25) is 0 Å². The monoisotopic (exact) mass is 316 g/mol. The highest BCUT2D eigenvalue weighted by atomic mass is 79.9. The Labute approximate surface area is 109 Å². The van der Waals surface area contributed by atoms with Crippen LogP contribution in [0, 0.1) is 0 Å². The van der Waals surface area contributed by atoms with Gasteiger partial charge in [-0.25, -0.2) is 4.98 Å². The predicted octanol–water partition coefficient (Wildman–Crippen LogP) is 2.85. The van der Waals surface area contributed by atoms with Crippen LogP contribution in [0.5, 0.6) is 0 Å². The van der Waals surface area contributed by atoms with E-state index in [1.54, 1.807) is 16.7 Å². The van der Waals surface area contributed by atoms with E-state index in [2.05, 4.69) is 20.9 Å². The van der Waals surface area contributed by atoms with Gasteiger partial charge in [0.15, 0.2) is 5.78 Å². The van der Waals surface area contributed by atoms with E-state index in [-0.39, 0.29) is 5.78 Å². The molecular formula is C10H9BrN2OS2. The van der Waals surface area contributed by atoms with Crippen LogP contribution in [-0.4, -0.2) is 10.8 Å². The van der Waals surface area contributed by atoms with Gasteiger partial charge in [0.05, 0.1) is 0 Å². The zero-order chi connectivity index (χ0) is 11.5. The summed E-state index contributed by atoms with van der Waals surface area (Å²) in [4.78, 5) is 17.1. The molecule has 2 N–H and O–H groups in total. The van der Waals surface area contributed by atoms with E-state index in [1.807, 2.05) is 11.4 Å². The van der Waals surface area contributed by atoms with Crippen molar-refractivity contribution in [1.29, 1.82) is 0 Å². The highest BCUT2D eigenvalue weighted by Crippen LogP contribution is 2.24. The Bertz CT molecular complexity index is 506. The van der Waals surface area contributed by atoms with E-state index >= 15 is 0 Å². The van der Waals surface area contributed by atoms with Crippen LogP contribution in [-0.2, 0) is 13.0 Å². The zero-order valence-electron chi connectivity index (χ0n) is 8.27. The average Bonchev–Trinajstić information content (AvgIpc) is 2.88. The second-order valence-corrected chi connectivity index (χ2v) is 5.92. The largest absolute Gasteiger partial charge is 0.325 e. The minimum atomic E-state index is 0.0408. The predicted molar refractivity (Wildman–Crippen MR) is 70.1 cm³/mol. The van der Waals surface area contributed by atoms with Crippen LogP contribution in [0.3, 0.4) is 0 Å². The normalized spacial score (nSPS) is 10.6. The quantitative estimate of drug-likeness (QED) is 0.882. The molecule has 0 aliphatic heterocycles. The first-order valence-corrected chi connectivity index (χ1v) is 7.15. The fraction of sp³-hybridized carbons (Fsp3) is 0.200. The molecule has 0 spiro atoms. The first kappa shape index (κ1) is 11.9. The Balaban J connectivity index is 2.11. The maximum atomic E-state index is 11.9. The molecule has 84 valence electrons. The number of hydrogen-bond donors (Lipinski definition) is 1. The summed E-state index contributed by atoms with van der Waals surface area (Å²) >= 11 is 6.40. The van der Waals surface area contributed by atoms with Gasteiger partial charge in [0.25, 0.3) is 0 Å². The number of thiophene rings is 1. The third-order valence-corrected chi connectivity index (χ3v) is 4.82. The van der Waals surface area contributed by atoms with Gasteiger partial charge in [-0.05, 0) is 27.4 Å². The van der Waals surface area contributed by atoms with Gasteiger partial charge in [0, 0.05) is 27.7 Å². The molecule has 6 heteroatoms. The van der Waals surface area contributed by atoms with Crippen molar-refractivity contribution in [2.45, 2.75) is 13.0 Å².